The Labute approximate surface area is 180 Å². The fourth-order valence-corrected chi connectivity index (χ4v) is 6.22. The van der Waals surface area contributed by atoms with Gasteiger partial charge in [0, 0.05) is 41.8 Å². The van der Waals surface area contributed by atoms with Crippen LogP contribution in [0.4, 0.5) is 0 Å². The van der Waals surface area contributed by atoms with Gasteiger partial charge in [0.2, 0.25) is 0 Å². The van der Waals surface area contributed by atoms with Crippen LogP contribution in [0.1, 0.15) is 37.7 Å². The monoisotopic (exact) mass is 422 g/mol. The van der Waals surface area contributed by atoms with Gasteiger partial charge in [0.1, 0.15) is 23.7 Å². The molecule has 2 saturated carbocycles. The van der Waals surface area contributed by atoms with Gasteiger partial charge in [-0.2, -0.15) is 0 Å². The molecule has 156 valence electrons. The minimum Gasteiger partial charge on any atom is -0.490 e. The Morgan fingerprint density at radius 1 is 1.13 bits per heavy atom. The molecule has 0 amide bonds. The Hall–Kier alpha value is -2.12. The molecule has 6 nitrogen and oxygen atoms in total. The molecule has 2 aromatic rings. The van der Waals surface area contributed by atoms with Crippen LogP contribution >= 0.6 is 11.8 Å². The summed E-state index contributed by atoms with van der Waals surface area (Å²) in [5.41, 5.74) is 9.10. The van der Waals surface area contributed by atoms with Crippen LogP contribution < -0.4 is 10.5 Å². The van der Waals surface area contributed by atoms with Crippen LogP contribution in [0.2, 0.25) is 0 Å². The zero-order chi connectivity index (χ0) is 20.1. The van der Waals surface area contributed by atoms with Crippen molar-refractivity contribution in [3.63, 3.8) is 0 Å². The van der Waals surface area contributed by atoms with Crippen molar-refractivity contribution in [1.82, 2.24) is 9.97 Å². The van der Waals surface area contributed by atoms with E-state index in [0.717, 1.165) is 60.0 Å². The van der Waals surface area contributed by atoms with Gasteiger partial charge in [-0.25, -0.2) is 15.0 Å². The van der Waals surface area contributed by atoms with Crippen molar-refractivity contribution in [2.45, 2.75) is 49.9 Å². The summed E-state index contributed by atoms with van der Waals surface area (Å²) in [5.74, 6) is 2.86. The first-order chi connectivity index (χ1) is 14.7. The van der Waals surface area contributed by atoms with Gasteiger partial charge in [-0.15, -0.1) is 0 Å². The molecule has 2 fully saturated rings. The van der Waals surface area contributed by atoms with Gasteiger partial charge in [0.05, 0.1) is 6.10 Å². The second-order valence-electron chi connectivity index (χ2n) is 8.98. The molecule has 3 heterocycles. The van der Waals surface area contributed by atoms with Crippen molar-refractivity contribution in [3.8, 4) is 16.9 Å². The smallest absolute Gasteiger partial charge is 0.154 e. The minimum atomic E-state index is -0.347. The average molecular weight is 423 g/mol. The molecular weight excluding hydrogens is 396 g/mol. The lowest BCUT2D eigenvalue weighted by Crippen LogP contribution is -2.51. The van der Waals surface area contributed by atoms with Crippen molar-refractivity contribution in [2.75, 3.05) is 12.4 Å². The standard InChI is InChI=1S/C23H26N4O2S/c24-22-27-23(12-30-22)18-7-15(16-9-25-13-26-10-16)3-5-20(18)29-21-6-4-17(8-19(21)23)28-11-14-1-2-14/h3,5,7,9-10,13-14,17,19,21H,1-2,4,6,8,11-12H2,(H2,24,27)/t17-,19+,21?,23+/m1/s1. The summed E-state index contributed by atoms with van der Waals surface area (Å²) in [6, 6.07) is 6.38. The zero-order valence-electron chi connectivity index (χ0n) is 16.9. The predicted octanol–water partition coefficient (Wildman–Crippen LogP) is 3.76. The van der Waals surface area contributed by atoms with Gasteiger partial charge in [-0.3, -0.25) is 0 Å². The second kappa shape index (κ2) is 7.24. The summed E-state index contributed by atoms with van der Waals surface area (Å²) >= 11 is 1.66. The molecule has 4 atom stereocenters. The lowest BCUT2D eigenvalue weighted by atomic mass is 9.67. The molecule has 6 rings (SSSR count). The number of hydrogen-bond donors (Lipinski definition) is 1. The highest BCUT2D eigenvalue weighted by Crippen LogP contribution is 2.55. The molecule has 2 aliphatic heterocycles. The van der Waals surface area contributed by atoms with E-state index in [2.05, 4.69) is 28.2 Å². The van der Waals surface area contributed by atoms with E-state index in [1.54, 1.807) is 18.1 Å². The molecule has 1 unspecified atom stereocenters. The van der Waals surface area contributed by atoms with Gasteiger partial charge in [-0.05, 0) is 55.7 Å². The second-order valence-corrected chi connectivity index (χ2v) is 9.97. The van der Waals surface area contributed by atoms with Crippen LogP contribution in [0.3, 0.4) is 0 Å². The van der Waals surface area contributed by atoms with Crippen molar-refractivity contribution >= 4 is 16.9 Å². The number of thioether (sulfide) groups is 1. The van der Waals surface area contributed by atoms with Crippen molar-refractivity contribution in [2.24, 2.45) is 22.6 Å². The largest absolute Gasteiger partial charge is 0.490 e. The highest BCUT2D eigenvalue weighted by atomic mass is 32.2. The number of nitrogens with two attached hydrogens (primary N) is 1. The average Bonchev–Trinajstić information content (AvgIpc) is 3.54. The van der Waals surface area contributed by atoms with E-state index >= 15 is 0 Å². The molecule has 1 spiro atoms. The lowest BCUT2D eigenvalue weighted by molar-refractivity contribution is -0.0564. The SMILES string of the molecule is NC1=N[C@@]2(CS1)c1cc(-c3cncnc3)ccc1OC1CC[C@@H](OCC3CC3)C[C@@H]12. The third kappa shape index (κ3) is 3.19. The summed E-state index contributed by atoms with van der Waals surface area (Å²) < 4.78 is 12.8. The molecule has 7 heteroatoms. The Morgan fingerprint density at radius 3 is 2.77 bits per heavy atom. The third-order valence-electron chi connectivity index (χ3n) is 6.98. The van der Waals surface area contributed by atoms with Crippen LogP contribution in [-0.2, 0) is 10.3 Å². The molecule has 4 aliphatic rings. The van der Waals surface area contributed by atoms with E-state index < -0.39 is 0 Å². The van der Waals surface area contributed by atoms with Crippen LogP contribution in [0.5, 0.6) is 5.75 Å². The van der Waals surface area contributed by atoms with E-state index in [9.17, 15) is 0 Å². The summed E-state index contributed by atoms with van der Waals surface area (Å²) in [5, 5.41) is 0.677. The molecule has 0 bridgehead atoms. The van der Waals surface area contributed by atoms with Gasteiger partial charge >= 0.3 is 0 Å². The molecule has 30 heavy (non-hydrogen) atoms. The Kier molecular flexibility index (Phi) is 4.49. The van der Waals surface area contributed by atoms with Crippen LogP contribution in [0, 0.1) is 11.8 Å². The molecule has 2 N–H and O–H groups in total. The Bertz CT molecular complexity index is 980. The number of hydrogen-bond acceptors (Lipinski definition) is 7. The number of benzene rings is 1. The summed E-state index contributed by atoms with van der Waals surface area (Å²) in [4.78, 5) is 13.4. The first kappa shape index (κ1) is 18.6. The van der Waals surface area contributed by atoms with E-state index in [4.69, 9.17) is 20.2 Å². The highest BCUT2D eigenvalue weighted by Gasteiger charge is 2.54. The van der Waals surface area contributed by atoms with E-state index in [1.807, 2.05) is 12.4 Å². The number of ether oxygens (including phenoxy) is 2. The van der Waals surface area contributed by atoms with Gasteiger partial charge in [0.15, 0.2) is 5.17 Å². The maximum Gasteiger partial charge on any atom is 0.154 e. The first-order valence-electron chi connectivity index (χ1n) is 10.9. The number of nitrogens with zero attached hydrogens (tertiary/aromatic N) is 3. The van der Waals surface area contributed by atoms with Gasteiger partial charge in [-0.1, -0.05) is 17.8 Å². The summed E-state index contributed by atoms with van der Waals surface area (Å²) in [6.07, 6.45) is 11.4. The Balaban J connectivity index is 1.38. The third-order valence-corrected chi connectivity index (χ3v) is 7.96. The van der Waals surface area contributed by atoms with E-state index in [0.29, 0.717) is 11.3 Å². The van der Waals surface area contributed by atoms with Crippen molar-refractivity contribution < 1.29 is 9.47 Å². The normalized spacial score (nSPS) is 32.3. The number of fused-ring (bicyclic) bond motifs is 4. The fraction of sp³-hybridized carbons (Fsp3) is 0.522. The van der Waals surface area contributed by atoms with E-state index in [-0.39, 0.29) is 17.6 Å². The molecule has 0 saturated heterocycles. The number of amidine groups is 1. The first-order valence-corrected chi connectivity index (χ1v) is 11.9. The number of aromatic nitrogens is 2. The van der Waals surface area contributed by atoms with Gasteiger partial charge in [0.25, 0.3) is 0 Å². The number of aliphatic imine (C=N–C) groups is 1. The summed E-state index contributed by atoms with van der Waals surface area (Å²) in [6.45, 7) is 0.908. The lowest BCUT2D eigenvalue weighted by Gasteiger charge is -2.48. The van der Waals surface area contributed by atoms with Crippen molar-refractivity contribution in [3.05, 3.63) is 42.5 Å². The Morgan fingerprint density at radius 2 is 2.00 bits per heavy atom. The molecule has 0 radical (unpaired) electrons. The van der Waals surface area contributed by atoms with Crippen LogP contribution in [0.15, 0.2) is 41.9 Å². The maximum atomic E-state index is 6.53. The molecule has 2 aliphatic carbocycles. The maximum absolute atomic E-state index is 6.53. The minimum absolute atomic E-state index is 0.166. The highest BCUT2D eigenvalue weighted by molar-refractivity contribution is 8.14. The predicted molar refractivity (Wildman–Crippen MR) is 117 cm³/mol. The molecule has 1 aromatic carbocycles. The van der Waals surface area contributed by atoms with Crippen LogP contribution in [0.25, 0.3) is 11.1 Å². The fourth-order valence-electron chi connectivity index (χ4n) is 5.19. The molecule has 1 aromatic heterocycles. The quantitative estimate of drug-likeness (QED) is 0.808. The van der Waals surface area contributed by atoms with Crippen molar-refractivity contribution in [1.29, 1.82) is 0 Å². The van der Waals surface area contributed by atoms with E-state index in [1.165, 1.54) is 12.8 Å². The van der Waals surface area contributed by atoms with Crippen LogP contribution in [-0.4, -0.2) is 39.7 Å². The summed E-state index contributed by atoms with van der Waals surface area (Å²) in [7, 11) is 0. The zero-order valence-corrected chi connectivity index (χ0v) is 17.7. The molecular formula is C23H26N4O2S. The number of rotatable bonds is 4. The topological polar surface area (TPSA) is 82.6 Å². The van der Waals surface area contributed by atoms with Gasteiger partial charge < -0.3 is 15.2 Å².